The quantitative estimate of drug-likeness (QED) is 0.600. The number of hydrogen-bond acceptors (Lipinski definition) is 4. The number of aromatic nitrogens is 2. The van der Waals surface area contributed by atoms with Crippen LogP contribution in [0.3, 0.4) is 0 Å². The number of halogens is 1. The zero-order chi connectivity index (χ0) is 23.5. The first-order valence-electron chi connectivity index (χ1n) is 11.8. The van der Waals surface area contributed by atoms with E-state index in [2.05, 4.69) is 39.5 Å². The molecule has 1 fully saturated rings. The van der Waals surface area contributed by atoms with Crippen molar-refractivity contribution >= 4 is 34.8 Å². The second-order valence-corrected chi connectivity index (χ2v) is 9.34. The maximum absolute atomic E-state index is 13.1. The van der Waals surface area contributed by atoms with Gasteiger partial charge in [0.25, 0.3) is 0 Å². The van der Waals surface area contributed by atoms with E-state index in [-0.39, 0.29) is 18.4 Å². The van der Waals surface area contributed by atoms with Gasteiger partial charge in [-0.3, -0.25) is 9.59 Å². The summed E-state index contributed by atoms with van der Waals surface area (Å²) in [6.07, 6.45) is 8.46. The summed E-state index contributed by atoms with van der Waals surface area (Å²) >= 11 is 6.65. The molecular weight excluding hydrogens is 450 g/mol. The van der Waals surface area contributed by atoms with Crippen molar-refractivity contribution in [3.05, 3.63) is 77.3 Å². The average Bonchev–Trinajstić information content (AvgIpc) is 3.37. The van der Waals surface area contributed by atoms with Crippen molar-refractivity contribution in [2.45, 2.75) is 44.8 Å². The predicted molar refractivity (Wildman–Crippen MR) is 133 cm³/mol. The third-order valence-corrected chi connectivity index (χ3v) is 6.99. The number of nitrogens with one attached hydrogen (secondary N) is 1. The van der Waals surface area contributed by atoms with E-state index >= 15 is 0 Å². The van der Waals surface area contributed by atoms with Crippen LogP contribution in [0, 0.1) is 0 Å². The van der Waals surface area contributed by atoms with Crippen molar-refractivity contribution in [3.8, 4) is 0 Å². The van der Waals surface area contributed by atoms with Crippen LogP contribution in [0.5, 0.6) is 0 Å². The number of rotatable bonds is 5. The van der Waals surface area contributed by atoms with Crippen LogP contribution in [0.15, 0.2) is 61.2 Å². The molecule has 0 aliphatic carbocycles. The molecular formula is C26H28ClN5O2. The van der Waals surface area contributed by atoms with Crippen molar-refractivity contribution < 1.29 is 9.59 Å². The lowest BCUT2D eigenvalue weighted by atomic mass is 9.99. The van der Waals surface area contributed by atoms with Crippen LogP contribution < -0.4 is 10.2 Å². The van der Waals surface area contributed by atoms with Crippen LogP contribution in [0.2, 0.25) is 5.02 Å². The molecule has 2 aliphatic heterocycles. The molecule has 0 radical (unpaired) electrons. The summed E-state index contributed by atoms with van der Waals surface area (Å²) in [6, 6.07) is 13.7. The van der Waals surface area contributed by atoms with E-state index in [9.17, 15) is 9.59 Å². The summed E-state index contributed by atoms with van der Waals surface area (Å²) in [7, 11) is 0. The zero-order valence-corrected chi connectivity index (χ0v) is 19.7. The van der Waals surface area contributed by atoms with E-state index in [1.807, 2.05) is 12.1 Å². The first-order valence-corrected chi connectivity index (χ1v) is 12.1. The number of likely N-dealkylation sites (tertiary alicyclic amines) is 1. The molecule has 0 bridgehead atoms. The lowest BCUT2D eigenvalue weighted by Gasteiger charge is -2.35. The topological polar surface area (TPSA) is 70.5 Å². The maximum atomic E-state index is 13.1. The molecule has 0 unspecified atom stereocenters. The van der Waals surface area contributed by atoms with Crippen molar-refractivity contribution in [2.75, 3.05) is 23.3 Å². The number of benzene rings is 2. The molecule has 5 rings (SSSR count). The number of hydrogen-bond donors (Lipinski definition) is 1. The molecule has 1 saturated heterocycles. The minimum Gasteiger partial charge on any atom is -0.366 e. The Morgan fingerprint density at radius 2 is 1.94 bits per heavy atom. The molecule has 2 amide bonds. The minimum atomic E-state index is -0.484. The lowest BCUT2D eigenvalue weighted by molar-refractivity contribution is -0.140. The number of piperidine rings is 1. The molecule has 0 saturated carbocycles. The molecule has 1 aromatic heterocycles. The van der Waals surface area contributed by atoms with Crippen molar-refractivity contribution in [2.24, 2.45) is 0 Å². The molecule has 0 spiro atoms. The number of nitrogens with zero attached hydrogens (tertiary/aromatic N) is 4. The number of imidazole rings is 1. The van der Waals surface area contributed by atoms with Gasteiger partial charge >= 0.3 is 0 Å². The Hall–Kier alpha value is -3.32. The highest BCUT2D eigenvalue weighted by atomic mass is 35.5. The minimum absolute atomic E-state index is 0.0726. The standard InChI is InChI=1S/C26H28ClN5O2/c27-22-15-21(8-9-23(22)31-13-10-19-5-1-2-6-20(19)16-31)29-26(34)24-7-3-4-12-32(24)25(33)17-30-14-11-28-18-30/h1-2,5-6,8-9,11,14-15,18,24H,3-4,7,10,12-13,16-17H2,(H,29,34)/t24-/m1/s1. The Bertz CT molecular complexity index is 1180. The summed E-state index contributed by atoms with van der Waals surface area (Å²) in [5.74, 6) is -0.244. The van der Waals surface area contributed by atoms with Crippen molar-refractivity contribution in [1.29, 1.82) is 0 Å². The summed E-state index contributed by atoms with van der Waals surface area (Å²) in [5.41, 5.74) is 4.31. The zero-order valence-electron chi connectivity index (χ0n) is 19.0. The fraction of sp³-hybridized carbons (Fsp3) is 0.346. The van der Waals surface area contributed by atoms with Crippen LogP contribution in [-0.4, -0.2) is 45.4 Å². The second-order valence-electron chi connectivity index (χ2n) is 8.93. The normalized spacial score (nSPS) is 17.9. The van der Waals surface area contributed by atoms with Gasteiger partial charge in [-0.25, -0.2) is 4.98 Å². The van der Waals surface area contributed by atoms with Crippen LogP contribution in [0.4, 0.5) is 11.4 Å². The average molecular weight is 478 g/mol. The maximum Gasteiger partial charge on any atom is 0.247 e. The van der Waals surface area contributed by atoms with Gasteiger partial charge in [-0.15, -0.1) is 0 Å². The third kappa shape index (κ3) is 4.80. The van der Waals surface area contributed by atoms with Gasteiger partial charge in [0.1, 0.15) is 12.6 Å². The smallest absolute Gasteiger partial charge is 0.247 e. The second kappa shape index (κ2) is 9.89. The summed E-state index contributed by atoms with van der Waals surface area (Å²) in [6.45, 7) is 2.49. The molecule has 3 aromatic rings. The van der Waals surface area contributed by atoms with Gasteiger partial charge in [-0.1, -0.05) is 35.9 Å². The van der Waals surface area contributed by atoms with E-state index in [1.54, 1.807) is 34.3 Å². The Kier molecular flexibility index (Phi) is 6.54. The van der Waals surface area contributed by atoms with Gasteiger partial charge in [-0.2, -0.15) is 0 Å². The third-order valence-electron chi connectivity index (χ3n) is 6.69. The first kappa shape index (κ1) is 22.5. The monoisotopic (exact) mass is 477 g/mol. The molecule has 2 aromatic carbocycles. The molecule has 8 heteroatoms. The largest absolute Gasteiger partial charge is 0.366 e. The fourth-order valence-corrected chi connectivity index (χ4v) is 5.20. The predicted octanol–water partition coefficient (Wildman–Crippen LogP) is 4.12. The lowest BCUT2D eigenvalue weighted by Crippen LogP contribution is -2.50. The Morgan fingerprint density at radius 3 is 2.74 bits per heavy atom. The van der Waals surface area contributed by atoms with E-state index in [0.717, 1.165) is 38.0 Å². The van der Waals surface area contributed by atoms with Crippen molar-refractivity contribution in [3.63, 3.8) is 0 Å². The number of fused-ring (bicyclic) bond motifs is 1. The Balaban J connectivity index is 1.26. The highest BCUT2D eigenvalue weighted by Gasteiger charge is 2.32. The van der Waals surface area contributed by atoms with E-state index in [4.69, 9.17) is 11.6 Å². The fourth-order valence-electron chi connectivity index (χ4n) is 4.90. The van der Waals surface area contributed by atoms with Crippen LogP contribution in [0.1, 0.15) is 30.4 Å². The van der Waals surface area contributed by atoms with Gasteiger partial charge in [0, 0.05) is 37.7 Å². The highest BCUT2D eigenvalue weighted by Crippen LogP contribution is 2.33. The van der Waals surface area contributed by atoms with E-state index < -0.39 is 6.04 Å². The van der Waals surface area contributed by atoms with Gasteiger partial charge in [-0.05, 0) is 55.0 Å². The Labute approximate surface area is 204 Å². The molecule has 34 heavy (non-hydrogen) atoms. The summed E-state index contributed by atoms with van der Waals surface area (Å²) < 4.78 is 1.73. The van der Waals surface area contributed by atoms with Crippen LogP contribution in [0.25, 0.3) is 0 Å². The molecule has 3 heterocycles. The summed E-state index contributed by atoms with van der Waals surface area (Å²) in [4.78, 5) is 34.0. The van der Waals surface area contributed by atoms with Gasteiger partial charge in [0.15, 0.2) is 0 Å². The molecule has 1 atom stereocenters. The first-order chi connectivity index (χ1) is 16.6. The van der Waals surface area contributed by atoms with Crippen LogP contribution >= 0.6 is 11.6 Å². The van der Waals surface area contributed by atoms with Gasteiger partial charge in [0.05, 0.1) is 17.0 Å². The van der Waals surface area contributed by atoms with Crippen molar-refractivity contribution in [1.82, 2.24) is 14.5 Å². The molecule has 176 valence electrons. The number of amides is 2. The van der Waals surface area contributed by atoms with Crippen LogP contribution in [-0.2, 0) is 29.1 Å². The number of anilines is 2. The van der Waals surface area contributed by atoms with E-state index in [1.165, 1.54) is 11.1 Å². The van der Waals surface area contributed by atoms with Gasteiger partial charge < -0.3 is 19.7 Å². The molecule has 1 N–H and O–H groups in total. The van der Waals surface area contributed by atoms with Gasteiger partial charge in [0.2, 0.25) is 11.8 Å². The highest BCUT2D eigenvalue weighted by molar-refractivity contribution is 6.33. The molecule has 7 nitrogen and oxygen atoms in total. The number of carbonyl (C=O) groups is 2. The van der Waals surface area contributed by atoms with E-state index in [0.29, 0.717) is 23.7 Å². The molecule has 2 aliphatic rings. The Morgan fingerprint density at radius 1 is 1.09 bits per heavy atom. The SMILES string of the molecule is O=C(Nc1ccc(N2CCc3ccccc3C2)c(Cl)c1)[C@H]1CCCCN1C(=O)Cn1ccnc1. The summed E-state index contributed by atoms with van der Waals surface area (Å²) in [5, 5.41) is 3.59. The number of carbonyl (C=O) groups excluding carboxylic acids is 2.